The van der Waals surface area contributed by atoms with E-state index in [0.717, 1.165) is 39.4 Å². The van der Waals surface area contributed by atoms with Crippen molar-refractivity contribution in [1.82, 2.24) is 0 Å². The maximum absolute atomic E-state index is 12.1. The number of nitrogens with zero attached hydrogens (tertiary/aromatic N) is 2. The zero-order valence-corrected chi connectivity index (χ0v) is 35.9. The van der Waals surface area contributed by atoms with Gasteiger partial charge in [-0.15, -0.1) is 0 Å². The van der Waals surface area contributed by atoms with Crippen molar-refractivity contribution in [3.05, 3.63) is 94.3 Å². The van der Waals surface area contributed by atoms with Gasteiger partial charge in [0, 0.05) is 34.2 Å². The summed E-state index contributed by atoms with van der Waals surface area (Å²) in [5.41, 5.74) is -0.283. The Morgan fingerprint density at radius 2 is 1.38 bits per heavy atom. The van der Waals surface area contributed by atoms with Crippen molar-refractivity contribution >= 4 is 125 Å². The number of benzene rings is 2. The van der Waals surface area contributed by atoms with Crippen LogP contribution in [-0.2, 0) is 51.3 Å². The van der Waals surface area contributed by atoms with E-state index in [4.69, 9.17) is 0 Å². The lowest BCUT2D eigenvalue weighted by Gasteiger charge is -2.28. The van der Waals surface area contributed by atoms with Crippen molar-refractivity contribution in [3.63, 3.8) is 0 Å². The fraction of sp³-hybridized carbons (Fsp3) is 0.276. The van der Waals surface area contributed by atoms with E-state index in [9.17, 15) is 51.9 Å². The van der Waals surface area contributed by atoms with Crippen LogP contribution < -0.4 is 4.90 Å². The Balaban J connectivity index is 1.75. The Kier molecular flexibility index (Phi) is 12.0. The van der Waals surface area contributed by atoms with Crippen molar-refractivity contribution in [3.8, 4) is 0 Å². The molecule has 0 bridgehead atoms. The van der Waals surface area contributed by atoms with Gasteiger partial charge in [-0.1, -0.05) is 30.4 Å². The van der Waals surface area contributed by atoms with E-state index in [1.807, 2.05) is 19.9 Å². The Bertz CT molecular complexity index is 2390. The monoisotopic (exact) mass is 1110 g/mol. The molecule has 2 aromatic rings. The predicted octanol–water partition coefficient (Wildman–Crippen LogP) is 5.03. The molecule has 2 heterocycles. The molecule has 0 saturated heterocycles. The van der Waals surface area contributed by atoms with Gasteiger partial charge in [-0.2, -0.15) is 38.2 Å². The van der Waals surface area contributed by atoms with Crippen LogP contribution >= 0.6 is 67.8 Å². The summed E-state index contributed by atoms with van der Waals surface area (Å²) in [6.45, 7) is 5.21. The van der Waals surface area contributed by atoms with Gasteiger partial charge in [-0.25, -0.2) is 0 Å². The molecular formula is C29H30I3N2O12S4+. The van der Waals surface area contributed by atoms with E-state index < -0.39 is 73.7 Å². The molecule has 2 aliphatic heterocycles. The number of hydrogen-bond donors (Lipinski definition) is 4. The van der Waals surface area contributed by atoms with E-state index in [-0.39, 0.29) is 16.9 Å². The predicted molar refractivity (Wildman–Crippen MR) is 213 cm³/mol. The molecular weight excluding hydrogens is 1080 g/mol. The molecule has 2 aliphatic rings. The average Bonchev–Trinajstić information content (AvgIpc) is 3.26. The SMILES string of the molecule is CC1(C)C(/C=C/C=C/C=C/C=C2\N(CS(=O)(=O)O)c3ccc(S(=O)(=O)O)cc3C2(C)CS(=O)(=O)O)=[N+](CS(=O)(=O)O)c2cc(I)c(I)c(I)c21. The molecule has 272 valence electrons. The van der Waals surface area contributed by atoms with Gasteiger partial charge in [0.15, 0.2) is 11.6 Å². The lowest BCUT2D eigenvalue weighted by molar-refractivity contribution is -0.416. The normalized spacial score (nSPS) is 20.6. The second-order valence-electron chi connectivity index (χ2n) is 12.1. The van der Waals surface area contributed by atoms with Gasteiger partial charge in [0.2, 0.25) is 5.69 Å². The number of halogens is 3. The molecule has 1 atom stereocenters. The summed E-state index contributed by atoms with van der Waals surface area (Å²) in [7, 11) is -18.7. The third-order valence-electron chi connectivity index (χ3n) is 8.00. The molecule has 0 aliphatic carbocycles. The first-order valence-electron chi connectivity index (χ1n) is 14.0. The second kappa shape index (κ2) is 14.5. The van der Waals surface area contributed by atoms with Crippen molar-refractivity contribution in [2.24, 2.45) is 0 Å². The highest BCUT2D eigenvalue weighted by Crippen LogP contribution is 2.50. The number of allylic oxidation sites excluding steroid dienone is 8. The van der Waals surface area contributed by atoms with Crippen molar-refractivity contribution in [2.75, 3.05) is 22.4 Å². The highest BCUT2D eigenvalue weighted by atomic mass is 127. The summed E-state index contributed by atoms with van der Waals surface area (Å²) in [5, 5.41) is 0. The molecule has 0 saturated carbocycles. The van der Waals surface area contributed by atoms with Crippen molar-refractivity contribution < 1.29 is 56.5 Å². The van der Waals surface area contributed by atoms with Crippen LogP contribution in [0.2, 0.25) is 0 Å². The highest BCUT2D eigenvalue weighted by Gasteiger charge is 2.49. The van der Waals surface area contributed by atoms with Crippen LogP contribution in [0.4, 0.5) is 11.4 Å². The number of anilines is 1. The lowest BCUT2D eigenvalue weighted by Crippen LogP contribution is -2.36. The van der Waals surface area contributed by atoms with E-state index >= 15 is 0 Å². The minimum Gasteiger partial charge on any atom is -0.327 e. The molecule has 0 amide bonds. The van der Waals surface area contributed by atoms with Crippen LogP contribution in [0.15, 0.2) is 77.4 Å². The van der Waals surface area contributed by atoms with Crippen LogP contribution in [0, 0.1) is 10.7 Å². The molecule has 0 spiro atoms. The highest BCUT2D eigenvalue weighted by molar-refractivity contribution is 14.1. The molecule has 1 unspecified atom stereocenters. The first-order chi connectivity index (χ1) is 22.7. The van der Waals surface area contributed by atoms with Crippen LogP contribution in [0.1, 0.15) is 31.9 Å². The third kappa shape index (κ3) is 9.07. The molecule has 0 fully saturated rings. The largest absolute Gasteiger partial charge is 0.327 e. The Hall–Kier alpha value is -1.30. The summed E-state index contributed by atoms with van der Waals surface area (Å²) in [5.74, 6) is -2.71. The van der Waals surface area contributed by atoms with Gasteiger partial charge in [0.1, 0.15) is 0 Å². The molecule has 0 radical (unpaired) electrons. The lowest BCUT2D eigenvalue weighted by atomic mass is 9.81. The zero-order chi connectivity index (χ0) is 37.8. The maximum Gasteiger partial charge on any atom is 0.326 e. The van der Waals surface area contributed by atoms with E-state index in [1.54, 1.807) is 28.9 Å². The topological polar surface area (TPSA) is 224 Å². The number of fused-ring (bicyclic) bond motifs is 2. The maximum atomic E-state index is 12.1. The molecule has 4 rings (SSSR count). The molecule has 0 aromatic heterocycles. The summed E-state index contributed by atoms with van der Waals surface area (Å²) in [6.07, 6.45) is 10.8. The quantitative estimate of drug-likeness (QED) is 0.0763. The number of hydrogen-bond acceptors (Lipinski definition) is 9. The van der Waals surface area contributed by atoms with E-state index in [1.165, 1.54) is 25.2 Å². The summed E-state index contributed by atoms with van der Waals surface area (Å²) in [6, 6.07) is 4.96. The van der Waals surface area contributed by atoms with Crippen molar-refractivity contribution in [1.29, 1.82) is 0 Å². The van der Waals surface area contributed by atoms with Gasteiger partial charge in [0.25, 0.3) is 36.2 Å². The van der Waals surface area contributed by atoms with Crippen LogP contribution in [0.25, 0.3) is 0 Å². The van der Waals surface area contributed by atoms with Gasteiger partial charge in [-0.05, 0) is 118 Å². The molecule has 4 N–H and O–H groups in total. The molecule has 50 heavy (non-hydrogen) atoms. The molecule has 21 heteroatoms. The smallest absolute Gasteiger partial charge is 0.326 e. The summed E-state index contributed by atoms with van der Waals surface area (Å²) >= 11 is 6.62. The first kappa shape index (κ1) is 41.5. The van der Waals surface area contributed by atoms with Gasteiger partial charge >= 0.3 is 10.1 Å². The first-order valence-corrected chi connectivity index (χ1v) is 23.5. The number of rotatable bonds is 11. The second-order valence-corrected chi connectivity index (χ2v) is 21.1. The molecule has 14 nitrogen and oxygen atoms in total. The molecule has 2 aromatic carbocycles. The van der Waals surface area contributed by atoms with Crippen molar-refractivity contribution in [2.45, 2.75) is 36.5 Å². The minimum atomic E-state index is -4.76. The Morgan fingerprint density at radius 3 is 1.94 bits per heavy atom. The fourth-order valence-electron chi connectivity index (χ4n) is 6.08. The van der Waals surface area contributed by atoms with Gasteiger partial charge in [0.05, 0.1) is 27.0 Å². The average molecular weight is 1110 g/mol. The van der Waals surface area contributed by atoms with Crippen LogP contribution in [-0.4, -0.2) is 79.7 Å². The Morgan fingerprint density at radius 1 is 0.780 bits per heavy atom. The minimum absolute atomic E-state index is 0.0185. The van der Waals surface area contributed by atoms with E-state index in [0.29, 0.717) is 11.4 Å². The fourth-order valence-corrected chi connectivity index (χ4v) is 11.6. The summed E-state index contributed by atoms with van der Waals surface area (Å²) in [4.78, 5) is 0.457. The Labute approximate surface area is 331 Å². The zero-order valence-electron chi connectivity index (χ0n) is 26.2. The van der Waals surface area contributed by atoms with E-state index in [2.05, 4.69) is 67.8 Å². The van der Waals surface area contributed by atoms with Crippen LogP contribution in [0.5, 0.6) is 0 Å². The standard InChI is InChI=1S/C29H29I3N2O12S4/c1-28(2)23(34(17-49(41,42)43)22-14-20(30)26(31)27(32)25(22)28)9-7-5-4-6-8-10-24-29(3,15-47(35,36)37)19-13-18(50(44,45)46)11-12-21(19)33(24)16-48(38,39)40/h4-14H,15-17H2,1-3H3,(H3-,35,36,37,38,39,40,41,42,43,44,45,46)/p+1. The van der Waals surface area contributed by atoms with Gasteiger partial charge in [-0.3, -0.25) is 18.2 Å². The van der Waals surface area contributed by atoms with Crippen LogP contribution in [0.3, 0.4) is 0 Å². The third-order valence-corrected chi connectivity index (χ3v) is 16.1. The summed E-state index contributed by atoms with van der Waals surface area (Å²) < 4.78 is 139. The van der Waals surface area contributed by atoms with Gasteiger partial charge < -0.3 is 4.90 Å².